The van der Waals surface area contributed by atoms with Gasteiger partial charge in [-0.05, 0) is 37.7 Å². The fraction of sp³-hybridized carbons (Fsp3) is 0.643. The molecule has 0 aromatic carbocycles. The van der Waals surface area contributed by atoms with E-state index in [4.69, 9.17) is 0 Å². The quantitative estimate of drug-likeness (QED) is 0.650. The van der Waals surface area contributed by atoms with E-state index in [1.54, 1.807) is 13.0 Å². The van der Waals surface area contributed by atoms with Gasteiger partial charge in [0, 0.05) is 12.1 Å². The van der Waals surface area contributed by atoms with Crippen LogP contribution in [0.15, 0.2) is 12.3 Å². The van der Waals surface area contributed by atoms with E-state index in [9.17, 15) is 10.1 Å². The lowest BCUT2D eigenvalue weighted by molar-refractivity contribution is -0.385. The van der Waals surface area contributed by atoms with Gasteiger partial charge in [-0.3, -0.25) is 10.1 Å². The standard InChI is InChI=1S/C14H21N3O2/c1-3-14(6-4-5-7-14)10-16-13-8-11(2)12(9-15-13)17(18)19/h8-9H,3-7,10H2,1-2H3,(H,15,16). The van der Waals surface area contributed by atoms with Crippen LogP contribution in [0.25, 0.3) is 0 Å². The summed E-state index contributed by atoms with van der Waals surface area (Å²) < 4.78 is 0. The van der Waals surface area contributed by atoms with Crippen molar-refractivity contribution in [3.8, 4) is 0 Å². The van der Waals surface area contributed by atoms with E-state index in [0.717, 1.165) is 12.4 Å². The van der Waals surface area contributed by atoms with Gasteiger partial charge in [0.25, 0.3) is 5.69 Å². The van der Waals surface area contributed by atoms with Gasteiger partial charge in [-0.15, -0.1) is 0 Å². The summed E-state index contributed by atoms with van der Waals surface area (Å²) in [5.74, 6) is 0.739. The van der Waals surface area contributed by atoms with Crippen LogP contribution in [0.4, 0.5) is 11.5 Å². The summed E-state index contributed by atoms with van der Waals surface area (Å²) in [7, 11) is 0. The average molecular weight is 263 g/mol. The molecule has 0 aliphatic heterocycles. The van der Waals surface area contributed by atoms with E-state index in [1.165, 1.54) is 38.3 Å². The Morgan fingerprint density at radius 3 is 2.68 bits per heavy atom. The van der Waals surface area contributed by atoms with Crippen LogP contribution in [0.3, 0.4) is 0 Å². The number of aryl methyl sites for hydroxylation is 1. The fourth-order valence-corrected chi connectivity index (χ4v) is 2.89. The SMILES string of the molecule is CCC1(CNc2cc(C)c([N+](=O)[O-])cn2)CCCC1. The highest BCUT2D eigenvalue weighted by Crippen LogP contribution is 2.40. The van der Waals surface area contributed by atoms with Gasteiger partial charge >= 0.3 is 0 Å². The average Bonchev–Trinajstić information content (AvgIpc) is 2.85. The Bertz CT molecular complexity index is 468. The molecule has 1 saturated carbocycles. The molecule has 1 N–H and O–H groups in total. The van der Waals surface area contributed by atoms with Gasteiger partial charge in [0.1, 0.15) is 12.0 Å². The molecule has 0 spiro atoms. The summed E-state index contributed by atoms with van der Waals surface area (Å²) in [6.07, 6.45) is 7.66. The first-order valence-electron chi connectivity index (χ1n) is 6.91. The predicted octanol–water partition coefficient (Wildman–Crippen LogP) is 3.68. The molecule has 1 aromatic heterocycles. The summed E-state index contributed by atoms with van der Waals surface area (Å²) in [5.41, 5.74) is 1.12. The maximum atomic E-state index is 10.7. The minimum atomic E-state index is -0.392. The normalized spacial score (nSPS) is 17.4. The van der Waals surface area contributed by atoms with E-state index in [2.05, 4.69) is 17.2 Å². The van der Waals surface area contributed by atoms with Crippen molar-refractivity contribution < 1.29 is 4.92 Å². The minimum absolute atomic E-state index is 0.0802. The second-order valence-electron chi connectivity index (χ2n) is 5.53. The number of hydrogen-bond donors (Lipinski definition) is 1. The van der Waals surface area contributed by atoms with Gasteiger partial charge < -0.3 is 5.32 Å². The number of pyridine rings is 1. The van der Waals surface area contributed by atoms with E-state index >= 15 is 0 Å². The summed E-state index contributed by atoms with van der Waals surface area (Å²) in [6, 6.07) is 1.76. The van der Waals surface area contributed by atoms with Crippen LogP contribution in [-0.2, 0) is 0 Å². The molecule has 1 fully saturated rings. The highest BCUT2D eigenvalue weighted by atomic mass is 16.6. The highest BCUT2D eigenvalue weighted by Gasteiger charge is 2.31. The lowest BCUT2D eigenvalue weighted by atomic mass is 9.83. The van der Waals surface area contributed by atoms with Gasteiger partial charge in [-0.25, -0.2) is 4.98 Å². The van der Waals surface area contributed by atoms with Gasteiger partial charge in [0.15, 0.2) is 0 Å². The molecule has 1 aromatic rings. The summed E-state index contributed by atoms with van der Waals surface area (Å²) in [5, 5.41) is 14.1. The van der Waals surface area contributed by atoms with Crippen LogP contribution in [0, 0.1) is 22.5 Å². The molecule has 1 heterocycles. The molecule has 0 bridgehead atoms. The maximum absolute atomic E-state index is 10.7. The van der Waals surface area contributed by atoms with Gasteiger partial charge in [0.05, 0.1) is 4.92 Å². The third-order valence-electron chi connectivity index (χ3n) is 4.34. The Labute approximate surface area is 113 Å². The molecule has 1 aliphatic rings. The van der Waals surface area contributed by atoms with Crippen LogP contribution in [0.5, 0.6) is 0 Å². The minimum Gasteiger partial charge on any atom is -0.370 e. The van der Waals surface area contributed by atoms with Crippen molar-refractivity contribution in [1.82, 2.24) is 4.98 Å². The highest BCUT2D eigenvalue weighted by molar-refractivity contribution is 5.46. The molecule has 0 unspecified atom stereocenters. The van der Waals surface area contributed by atoms with Crippen molar-refractivity contribution in [1.29, 1.82) is 0 Å². The molecular weight excluding hydrogens is 242 g/mol. The molecule has 104 valence electrons. The smallest absolute Gasteiger partial charge is 0.290 e. The van der Waals surface area contributed by atoms with Gasteiger partial charge in [-0.1, -0.05) is 19.8 Å². The second kappa shape index (κ2) is 5.55. The zero-order valence-corrected chi connectivity index (χ0v) is 11.6. The fourth-order valence-electron chi connectivity index (χ4n) is 2.89. The number of hydrogen-bond acceptors (Lipinski definition) is 4. The number of nitrogens with one attached hydrogen (secondary N) is 1. The lowest BCUT2D eigenvalue weighted by Gasteiger charge is -2.27. The first-order valence-corrected chi connectivity index (χ1v) is 6.91. The van der Waals surface area contributed by atoms with Gasteiger partial charge in [-0.2, -0.15) is 0 Å². The van der Waals surface area contributed by atoms with E-state index in [-0.39, 0.29) is 5.69 Å². The molecule has 0 saturated heterocycles. The van der Waals surface area contributed by atoms with E-state index in [0.29, 0.717) is 11.0 Å². The first kappa shape index (κ1) is 13.8. The molecule has 1 aliphatic carbocycles. The van der Waals surface area contributed by atoms with Crippen LogP contribution in [0.1, 0.15) is 44.6 Å². The molecule has 5 nitrogen and oxygen atoms in total. The van der Waals surface area contributed by atoms with Crippen molar-refractivity contribution in [2.45, 2.75) is 46.0 Å². The first-order chi connectivity index (χ1) is 9.06. The van der Waals surface area contributed by atoms with Gasteiger partial charge in [0.2, 0.25) is 0 Å². The van der Waals surface area contributed by atoms with Crippen molar-refractivity contribution in [3.05, 3.63) is 27.9 Å². The molecular formula is C14H21N3O2. The Balaban J connectivity index is 2.03. The van der Waals surface area contributed by atoms with Crippen LogP contribution in [-0.4, -0.2) is 16.5 Å². The third-order valence-corrected chi connectivity index (χ3v) is 4.34. The Morgan fingerprint density at radius 1 is 1.47 bits per heavy atom. The summed E-state index contributed by atoms with van der Waals surface area (Å²) >= 11 is 0. The molecule has 0 amide bonds. The lowest BCUT2D eigenvalue weighted by Crippen LogP contribution is -2.26. The van der Waals surface area contributed by atoms with Crippen molar-refractivity contribution in [2.75, 3.05) is 11.9 Å². The number of rotatable bonds is 5. The zero-order valence-electron chi connectivity index (χ0n) is 11.6. The molecule has 2 rings (SSSR count). The zero-order chi connectivity index (χ0) is 13.9. The molecule has 19 heavy (non-hydrogen) atoms. The Kier molecular flexibility index (Phi) is 4.02. The van der Waals surface area contributed by atoms with Crippen molar-refractivity contribution >= 4 is 11.5 Å². The largest absolute Gasteiger partial charge is 0.370 e. The Morgan fingerprint density at radius 2 is 2.16 bits per heavy atom. The van der Waals surface area contributed by atoms with Crippen LogP contribution in [0.2, 0.25) is 0 Å². The molecule has 5 heteroatoms. The van der Waals surface area contributed by atoms with E-state index in [1.807, 2.05) is 0 Å². The Hall–Kier alpha value is -1.65. The van der Waals surface area contributed by atoms with Crippen LogP contribution >= 0.6 is 0 Å². The number of nitro groups is 1. The monoisotopic (exact) mass is 263 g/mol. The topological polar surface area (TPSA) is 68.1 Å². The molecule has 0 radical (unpaired) electrons. The van der Waals surface area contributed by atoms with Crippen molar-refractivity contribution in [3.63, 3.8) is 0 Å². The summed E-state index contributed by atoms with van der Waals surface area (Å²) in [6.45, 7) is 4.89. The van der Waals surface area contributed by atoms with E-state index < -0.39 is 4.92 Å². The number of anilines is 1. The number of aromatic nitrogens is 1. The molecule has 0 atom stereocenters. The third kappa shape index (κ3) is 3.03. The predicted molar refractivity (Wildman–Crippen MR) is 75.3 cm³/mol. The van der Waals surface area contributed by atoms with Crippen LogP contribution < -0.4 is 5.32 Å². The van der Waals surface area contributed by atoms with Crippen molar-refractivity contribution in [2.24, 2.45) is 5.41 Å². The summed E-state index contributed by atoms with van der Waals surface area (Å²) in [4.78, 5) is 14.5. The second-order valence-corrected chi connectivity index (χ2v) is 5.53. The maximum Gasteiger partial charge on any atom is 0.290 e. The number of nitrogens with zero attached hydrogens (tertiary/aromatic N) is 2.